The number of halogens is 2. The van der Waals surface area contributed by atoms with Gasteiger partial charge >= 0.3 is 0 Å². The minimum absolute atomic E-state index is 0.379. The van der Waals surface area contributed by atoms with Crippen molar-refractivity contribution in [3.63, 3.8) is 0 Å². The van der Waals surface area contributed by atoms with Crippen LogP contribution in [0.15, 0.2) is 24.3 Å². The molecule has 0 aliphatic carbocycles. The van der Waals surface area contributed by atoms with E-state index in [0.717, 1.165) is 17.1 Å². The molecule has 0 bridgehead atoms. The smallest absolute Gasteiger partial charge is 0.130 e. The van der Waals surface area contributed by atoms with Gasteiger partial charge in [0.05, 0.1) is 0 Å². The molecule has 2 aromatic rings. The van der Waals surface area contributed by atoms with E-state index in [4.69, 9.17) is 35.4 Å². The molecular formula is C14H14Cl2N2S. The van der Waals surface area contributed by atoms with E-state index >= 15 is 0 Å². The third-order valence-corrected chi connectivity index (χ3v) is 3.60. The number of rotatable bonds is 3. The highest BCUT2D eigenvalue weighted by molar-refractivity contribution is 7.71. The summed E-state index contributed by atoms with van der Waals surface area (Å²) >= 11 is 17.2. The van der Waals surface area contributed by atoms with Crippen molar-refractivity contribution in [2.24, 2.45) is 0 Å². The number of aromatic nitrogens is 2. The van der Waals surface area contributed by atoms with Gasteiger partial charge in [0.1, 0.15) is 10.5 Å². The minimum atomic E-state index is 0.379. The summed E-state index contributed by atoms with van der Waals surface area (Å²) in [6.07, 6.45) is 0.611. The van der Waals surface area contributed by atoms with Crippen molar-refractivity contribution in [1.29, 1.82) is 0 Å². The van der Waals surface area contributed by atoms with Crippen molar-refractivity contribution in [3.05, 3.63) is 56.0 Å². The second-order valence-electron chi connectivity index (χ2n) is 4.69. The standard InChI is InChI=1S/C14H14Cl2N2S/c1-8(2)12-7-14(19)18-13(17-12)5-9-3-4-10(15)6-11(9)16/h3-4,6-8H,5H2,1-2H3,(H,17,18,19). The Morgan fingerprint density at radius 2 is 2.00 bits per heavy atom. The molecule has 1 heterocycles. The highest BCUT2D eigenvalue weighted by Gasteiger charge is 2.07. The van der Waals surface area contributed by atoms with Crippen molar-refractivity contribution < 1.29 is 0 Å². The molecule has 2 rings (SSSR count). The van der Waals surface area contributed by atoms with Crippen molar-refractivity contribution in [3.8, 4) is 0 Å². The summed E-state index contributed by atoms with van der Waals surface area (Å²) in [5.41, 5.74) is 2.06. The first-order valence-electron chi connectivity index (χ1n) is 6.00. The van der Waals surface area contributed by atoms with Gasteiger partial charge < -0.3 is 4.98 Å². The molecule has 5 heteroatoms. The predicted molar refractivity (Wildman–Crippen MR) is 82.8 cm³/mol. The topological polar surface area (TPSA) is 28.7 Å². The number of nitrogens with zero attached hydrogens (tertiary/aromatic N) is 1. The molecule has 0 aliphatic rings. The summed E-state index contributed by atoms with van der Waals surface area (Å²) in [6.45, 7) is 4.22. The molecule has 0 amide bonds. The van der Waals surface area contributed by atoms with Crippen molar-refractivity contribution in [2.45, 2.75) is 26.2 Å². The van der Waals surface area contributed by atoms with E-state index in [9.17, 15) is 0 Å². The molecule has 0 spiro atoms. The molecule has 0 saturated carbocycles. The number of hydrogen-bond donors (Lipinski definition) is 1. The summed E-state index contributed by atoms with van der Waals surface area (Å²) in [5, 5.41) is 1.27. The van der Waals surface area contributed by atoms with Crippen molar-refractivity contribution in [2.75, 3.05) is 0 Å². The zero-order valence-electron chi connectivity index (χ0n) is 10.7. The van der Waals surface area contributed by atoms with Crippen LogP contribution in [-0.2, 0) is 6.42 Å². The SMILES string of the molecule is CC(C)c1cc(=S)nc(Cc2ccc(Cl)cc2Cl)[nH]1. The summed E-state index contributed by atoms with van der Waals surface area (Å²) in [5.74, 6) is 1.20. The number of hydrogen-bond acceptors (Lipinski definition) is 2. The second kappa shape index (κ2) is 6.04. The molecule has 0 saturated heterocycles. The Morgan fingerprint density at radius 3 is 2.63 bits per heavy atom. The molecule has 1 N–H and O–H groups in total. The van der Waals surface area contributed by atoms with E-state index < -0.39 is 0 Å². The number of nitrogens with one attached hydrogen (secondary N) is 1. The summed E-state index contributed by atoms with van der Waals surface area (Å²) in [4.78, 5) is 7.65. The van der Waals surface area contributed by atoms with Crippen LogP contribution < -0.4 is 0 Å². The molecule has 2 nitrogen and oxygen atoms in total. The summed E-state index contributed by atoms with van der Waals surface area (Å²) in [7, 11) is 0. The Kier molecular flexibility index (Phi) is 4.61. The van der Waals surface area contributed by atoms with Crippen LogP contribution in [0.4, 0.5) is 0 Å². The third-order valence-electron chi connectivity index (χ3n) is 2.81. The molecular weight excluding hydrogens is 299 g/mol. The molecule has 19 heavy (non-hydrogen) atoms. The van der Waals surface area contributed by atoms with Crippen LogP contribution in [0.1, 0.15) is 36.8 Å². The Labute approximate surface area is 127 Å². The van der Waals surface area contributed by atoms with Gasteiger partial charge in [-0.05, 0) is 29.7 Å². The largest absolute Gasteiger partial charge is 0.347 e. The summed E-state index contributed by atoms with van der Waals surface area (Å²) in [6, 6.07) is 7.36. The zero-order chi connectivity index (χ0) is 14.0. The predicted octanol–water partition coefficient (Wildman–Crippen LogP) is 5.16. The van der Waals surface area contributed by atoms with Crippen LogP contribution in [0.5, 0.6) is 0 Å². The number of aromatic amines is 1. The fourth-order valence-electron chi connectivity index (χ4n) is 1.77. The van der Waals surface area contributed by atoms with E-state index in [0.29, 0.717) is 27.0 Å². The van der Waals surface area contributed by atoms with Crippen LogP contribution in [0.2, 0.25) is 10.0 Å². The quantitative estimate of drug-likeness (QED) is 0.793. The van der Waals surface area contributed by atoms with Crippen LogP contribution in [0.25, 0.3) is 0 Å². The lowest BCUT2D eigenvalue weighted by Crippen LogP contribution is -2.02. The number of benzene rings is 1. The lowest BCUT2D eigenvalue weighted by Gasteiger charge is -2.09. The van der Waals surface area contributed by atoms with E-state index in [1.807, 2.05) is 18.2 Å². The van der Waals surface area contributed by atoms with Gasteiger partial charge in [-0.15, -0.1) is 0 Å². The Balaban J connectivity index is 2.35. The molecule has 0 aliphatic heterocycles. The van der Waals surface area contributed by atoms with Gasteiger partial charge in [-0.1, -0.05) is 55.3 Å². The maximum atomic E-state index is 6.17. The molecule has 0 fully saturated rings. The monoisotopic (exact) mass is 312 g/mol. The van der Waals surface area contributed by atoms with Gasteiger partial charge in [0.2, 0.25) is 0 Å². The third kappa shape index (κ3) is 3.78. The van der Waals surface area contributed by atoms with Gasteiger partial charge in [-0.3, -0.25) is 0 Å². The van der Waals surface area contributed by atoms with Crippen LogP contribution in [0.3, 0.4) is 0 Å². The Hall–Kier alpha value is -0.900. The van der Waals surface area contributed by atoms with E-state index in [2.05, 4.69) is 23.8 Å². The van der Waals surface area contributed by atoms with Gasteiger partial charge in [0, 0.05) is 22.2 Å². The average Bonchev–Trinajstić information content (AvgIpc) is 2.32. The van der Waals surface area contributed by atoms with E-state index in [-0.39, 0.29) is 0 Å². The van der Waals surface area contributed by atoms with Gasteiger partial charge in [0.15, 0.2) is 0 Å². The van der Waals surface area contributed by atoms with Crippen LogP contribution in [-0.4, -0.2) is 9.97 Å². The molecule has 100 valence electrons. The molecule has 1 aromatic carbocycles. The van der Waals surface area contributed by atoms with Gasteiger partial charge in [-0.25, -0.2) is 4.98 Å². The van der Waals surface area contributed by atoms with Crippen LogP contribution in [0, 0.1) is 4.64 Å². The lowest BCUT2D eigenvalue weighted by atomic mass is 10.1. The van der Waals surface area contributed by atoms with Crippen molar-refractivity contribution >= 4 is 35.4 Å². The van der Waals surface area contributed by atoms with Crippen LogP contribution >= 0.6 is 35.4 Å². The molecule has 1 aromatic heterocycles. The maximum absolute atomic E-state index is 6.17. The first-order chi connectivity index (χ1) is 8.95. The lowest BCUT2D eigenvalue weighted by molar-refractivity contribution is 0.789. The second-order valence-corrected chi connectivity index (χ2v) is 5.95. The fraction of sp³-hybridized carbons (Fsp3) is 0.286. The number of H-pyrrole nitrogens is 1. The summed E-state index contributed by atoms with van der Waals surface area (Å²) < 4.78 is 0.600. The minimum Gasteiger partial charge on any atom is -0.347 e. The Bertz CT molecular complexity index is 650. The average molecular weight is 313 g/mol. The van der Waals surface area contributed by atoms with Gasteiger partial charge in [-0.2, -0.15) is 0 Å². The first kappa shape index (κ1) is 14.5. The van der Waals surface area contributed by atoms with E-state index in [1.165, 1.54) is 0 Å². The van der Waals surface area contributed by atoms with Gasteiger partial charge in [0.25, 0.3) is 0 Å². The highest BCUT2D eigenvalue weighted by Crippen LogP contribution is 2.23. The first-order valence-corrected chi connectivity index (χ1v) is 7.16. The highest BCUT2D eigenvalue weighted by atomic mass is 35.5. The molecule has 0 unspecified atom stereocenters. The molecule has 0 radical (unpaired) electrons. The molecule has 0 atom stereocenters. The van der Waals surface area contributed by atoms with E-state index in [1.54, 1.807) is 6.07 Å². The normalized spacial score (nSPS) is 11.0. The Morgan fingerprint density at radius 1 is 1.26 bits per heavy atom. The fourth-order valence-corrected chi connectivity index (χ4v) is 2.48. The zero-order valence-corrected chi connectivity index (χ0v) is 13.0. The maximum Gasteiger partial charge on any atom is 0.130 e. The van der Waals surface area contributed by atoms with Crippen molar-refractivity contribution in [1.82, 2.24) is 9.97 Å².